The zero-order chi connectivity index (χ0) is 17.8. The van der Waals surface area contributed by atoms with Gasteiger partial charge in [-0.2, -0.15) is 0 Å². The molecule has 0 bridgehead atoms. The van der Waals surface area contributed by atoms with Crippen molar-refractivity contribution in [3.8, 4) is 0 Å². The SMILES string of the molecule is O=C(Cc1ccccc1)N1CCN(c2cc(N3CCCC3)ncn2)CC1. The van der Waals surface area contributed by atoms with Gasteiger partial charge in [0.25, 0.3) is 0 Å². The fourth-order valence-corrected chi connectivity index (χ4v) is 3.70. The van der Waals surface area contributed by atoms with E-state index in [1.807, 2.05) is 35.2 Å². The van der Waals surface area contributed by atoms with Crippen molar-refractivity contribution in [2.45, 2.75) is 19.3 Å². The van der Waals surface area contributed by atoms with Crippen molar-refractivity contribution in [1.82, 2.24) is 14.9 Å². The van der Waals surface area contributed by atoms with Crippen LogP contribution in [0.5, 0.6) is 0 Å². The first-order valence-corrected chi connectivity index (χ1v) is 9.43. The topological polar surface area (TPSA) is 52.6 Å². The Morgan fingerprint density at radius 3 is 2.12 bits per heavy atom. The number of piperazine rings is 1. The second-order valence-electron chi connectivity index (χ2n) is 6.96. The molecule has 1 aromatic heterocycles. The lowest BCUT2D eigenvalue weighted by Crippen LogP contribution is -2.49. The smallest absolute Gasteiger partial charge is 0.227 e. The lowest BCUT2D eigenvalue weighted by atomic mass is 10.1. The molecule has 0 aliphatic carbocycles. The van der Waals surface area contributed by atoms with Gasteiger partial charge >= 0.3 is 0 Å². The molecule has 6 heteroatoms. The molecule has 6 nitrogen and oxygen atoms in total. The molecule has 0 spiro atoms. The van der Waals surface area contributed by atoms with Gasteiger partial charge < -0.3 is 14.7 Å². The lowest BCUT2D eigenvalue weighted by Gasteiger charge is -2.35. The molecular weight excluding hydrogens is 326 g/mol. The molecule has 0 atom stereocenters. The van der Waals surface area contributed by atoms with Gasteiger partial charge in [-0.25, -0.2) is 9.97 Å². The quantitative estimate of drug-likeness (QED) is 0.843. The first-order valence-electron chi connectivity index (χ1n) is 9.43. The predicted molar refractivity (Wildman–Crippen MR) is 102 cm³/mol. The van der Waals surface area contributed by atoms with Gasteiger partial charge in [0.1, 0.15) is 18.0 Å². The normalized spacial score (nSPS) is 17.6. The minimum Gasteiger partial charge on any atom is -0.356 e. The molecule has 3 heterocycles. The minimum absolute atomic E-state index is 0.205. The van der Waals surface area contributed by atoms with Gasteiger partial charge in [0.05, 0.1) is 6.42 Å². The fourth-order valence-electron chi connectivity index (χ4n) is 3.70. The maximum absolute atomic E-state index is 12.5. The maximum atomic E-state index is 12.5. The summed E-state index contributed by atoms with van der Waals surface area (Å²) in [6.07, 6.45) is 4.62. The Morgan fingerprint density at radius 2 is 1.46 bits per heavy atom. The summed E-state index contributed by atoms with van der Waals surface area (Å²) < 4.78 is 0. The van der Waals surface area contributed by atoms with Crippen LogP contribution in [0.15, 0.2) is 42.7 Å². The number of hydrogen-bond donors (Lipinski definition) is 0. The highest BCUT2D eigenvalue weighted by Crippen LogP contribution is 2.22. The fraction of sp³-hybridized carbons (Fsp3) is 0.450. The summed E-state index contributed by atoms with van der Waals surface area (Å²) in [7, 11) is 0. The molecule has 4 rings (SSSR count). The van der Waals surface area contributed by atoms with E-state index in [1.165, 1.54) is 12.8 Å². The van der Waals surface area contributed by atoms with E-state index in [2.05, 4.69) is 25.8 Å². The molecule has 26 heavy (non-hydrogen) atoms. The standard InChI is InChI=1S/C20H25N5O/c26-20(14-17-6-2-1-3-7-17)25-12-10-24(11-13-25)19-15-18(21-16-22-19)23-8-4-5-9-23/h1-3,6-7,15-16H,4-5,8-14H2. The van der Waals surface area contributed by atoms with Crippen LogP contribution in [0.3, 0.4) is 0 Å². The Bertz CT molecular complexity index is 737. The lowest BCUT2D eigenvalue weighted by molar-refractivity contribution is -0.130. The molecule has 2 aliphatic rings. The Kier molecular flexibility index (Phi) is 5.00. The van der Waals surface area contributed by atoms with Gasteiger partial charge in [-0.1, -0.05) is 30.3 Å². The van der Waals surface area contributed by atoms with E-state index in [0.29, 0.717) is 6.42 Å². The van der Waals surface area contributed by atoms with Gasteiger partial charge in [0.15, 0.2) is 0 Å². The van der Waals surface area contributed by atoms with Crippen molar-refractivity contribution < 1.29 is 4.79 Å². The number of hydrogen-bond acceptors (Lipinski definition) is 5. The van der Waals surface area contributed by atoms with Crippen LogP contribution in [-0.2, 0) is 11.2 Å². The van der Waals surface area contributed by atoms with E-state index in [4.69, 9.17) is 0 Å². The summed E-state index contributed by atoms with van der Waals surface area (Å²) in [5.41, 5.74) is 1.07. The number of carbonyl (C=O) groups is 1. The van der Waals surface area contributed by atoms with Crippen molar-refractivity contribution in [3.05, 3.63) is 48.3 Å². The van der Waals surface area contributed by atoms with E-state index >= 15 is 0 Å². The van der Waals surface area contributed by atoms with Crippen LogP contribution in [0.1, 0.15) is 18.4 Å². The Morgan fingerprint density at radius 1 is 0.846 bits per heavy atom. The number of carbonyl (C=O) groups excluding carboxylic acids is 1. The van der Waals surface area contributed by atoms with Crippen LogP contribution in [0.2, 0.25) is 0 Å². The number of benzene rings is 1. The van der Waals surface area contributed by atoms with Crippen molar-refractivity contribution in [2.75, 3.05) is 49.1 Å². The van der Waals surface area contributed by atoms with E-state index in [1.54, 1.807) is 6.33 Å². The monoisotopic (exact) mass is 351 g/mol. The molecular formula is C20H25N5O. The average Bonchev–Trinajstić information content (AvgIpc) is 3.24. The minimum atomic E-state index is 0.205. The van der Waals surface area contributed by atoms with Crippen molar-refractivity contribution >= 4 is 17.5 Å². The van der Waals surface area contributed by atoms with Gasteiger partial charge in [0.2, 0.25) is 5.91 Å². The van der Waals surface area contributed by atoms with Crippen LogP contribution in [-0.4, -0.2) is 60.0 Å². The molecule has 1 aromatic carbocycles. The summed E-state index contributed by atoms with van der Waals surface area (Å²) in [6, 6.07) is 12.0. The Balaban J connectivity index is 1.34. The van der Waals surface area contributed by atoms with Crippen LogP contribution in [0, 0.1) is 0 Å². The number of nitrogens with zero attached hydrogens (tertiary/aromatic N) is 5. The highest BCUT2D eigenvalue weighted by atomic mass is 16.2. The van der Waals surface area contributed by atoms with Gasteiger partial charge in [0, 0.05) is 45.3 Å². The summed E-state index contributed by atoms with van der Waals surface area (Å²) >= 11 is 0. The summed E-state index contributed by atoms with van der Waals surface area (Å²) in [4.78, 5) is 27.9. The predicted octanol–water partition coefficient (Wildman–Crippen LogP) is 1.97. The number of rotatable bonds is 4. The average molecular weight is 351 g/mol. The highest BCUT2D eigenvalue weighted by molar-refractivity contribution is 5.79. The summed E-state index contributed by atoms with van der Waals surface area (Å²) in [6.45, 7) is 5.29. The molecule has 0 radical (unpaired) electrons. The van der Waals surface area contributed by atoms with Crippen LogP contribution < -0.4 is 9.80 Å². The first-order chi connectivity index (χ1) is 12.8. The van der Waals surface area contributed by atoms with E-state index in [9.17, 15) is 4.79 Å². The Hall–Kier alpha value is -2.63. The molecule has 136 valence electrons. The highest BCUT2D eigenvalue weighted by Gasteiger charge is 2.23. The largest absolute Gasteiger partial charge is 0.356 e. The molecule has 2 aliphatic heterocycles. The van der Waals surface area contributed by atoms with E-state index < -0.39 is 0 Å². The third kappa shape index (κ3) is 3.79. The number of anilines is 2. The van der Waals surface area contributed by atoms with Crippen LogP contribution in [0.4, 0.5) is 11.6 Å². The molecule has 2 saturated heterocycles. The van der Waals surface area contributed by atoms with Crippen LogP contribution >= 0.6 is 0 Å². The molecule has 0 unspecified atom stereocenters. The van der Waals surface area contributed by atoms with Crippen LogP contribution in [0.25, 0.3) is 0 Å². The number of amides is 1. The van der Waals surface area contributed by atoms with Crippen molar-refractivity contribution in [1.29, 1.82) is 0 Å². The molecule has 1 amide bonds. The zero-order valence-electron chi connectivity index (χ0n) is 15.0. The maximum Gasteiger partial charge on any atom is 0.227 e. The summed E-state index contributed by atoms with van der Waals surface area (Å²) in [5, 5.41) is 0. The second kappa shape index (κ2) is 7.72. The Labute approximate surface area is 154 Å². The third-order valence-electron chi connectivity index (χ3n) is 5.22. The first kappa shape index (κ1) is 16.8. The molecule has 0 saturated carbocycles. The number of aromatic nitrogens is 2. The third-order valence-corrected chi connectivity index (χ3v) is 5.22. The van der Waals surface area contributed by atoms with E-state index in [-0.39, 0.29) is 5.91 Å². The van der Waals surface area contributed by atoms with Gasteiger partial charge in [-0.05, 0) is 18.4 Å². The van der Waals surface area contributed by atoms with E-state index in [0.717, 1.165) is 56.5 Å². The van der Waals surface area contributed by atoms with Gasteiger partial charge in [-0.15, -0.1) is 0 Å². The molecule has 0 N–H and O–H groups in total. The molecule has 2 aromatic rings. The van der Waals surface area contributed by atoms with Crippen molar-refractivity contribution in [2.24, 2.45) is 0 Å². The van der Waals surface area contributed by atoms with Gasteiger partial charge in [-0.3, -0.25) is 4.79 Å². The summed E-state index contributed by atoms with van der Waals surface area (Å²) in [5.74, 6) is 2.20. The van der Waals surface area contributed by atoms with Crippen molar-refractivity contribution in [3.63, 3.8) is 0 Å². The molecule has 2 fully saturated rings. The zero-order valence-corrected chi connectivity index (χ0v) is 15.0. The second-order valence-corrected chi connectivity index (χ2v) is 6.96.